The van der Waals surface area contributed by atoms with Gasteiger partial charge in [-0.3, -0.25) is 9.89 Å². The molecule has 1 aliphatic rings. The summed E-state index contributed by atoms with van der Waals surface area (Å²) < 4.78 is 10.9. The van der Waals surface area contributed by atoms with E-state index in [1.807, 2.05) is 7.05 Å². The Kier molecular flexibility index (Phi) is 14.1. The summed E-state index contributed by atoms with van der Waals surface area (Å²) >= 11 is 0. The van der Waals surface area contributed by atoms with E-state index in [0.29, 0.717) is 12.0 Å². The van der Waals surface area contributed by atoms with Gasteiger partial charge in [-0.2, -0.15) is 0 Å². The van der Waals surface area contributed by atoms with Crippen LogP contribution in [0.2, 0.25) is 0 Å². The topological polar surface area (TPSA) is 58.1 Å². The van der Waals surface area contributed by atoms with Crippen LogP contribution in [0, 0.1) is 5.92 Å². The van der Waals surface area contributed by atoms with Gasteiger partial charge in [-0.25, -0.2) is 0 Å². The normalized spacial score (nSPS) is 19.8. The van der Waals surface area contributed by atoms with E-state index in [9.17, 15) is 0 Å². The second kappa shape index (κ2) is 15.7. The number of hydrogen-bond acceptors (Lipinski definition) is 4. The van der Waals surface area contributed by atoms with Crippen LogP contribution in [0.25, 0.3) is 0 Å². The summed E-state index contributed by atoms with van der Waals surface area (Å²) in [6, 6.07) is 8.93. The van der Waals surface area contributed by atoms with Crippen molar-refractivity contribution in [3.05, 3.63) is 29.8 Å². The van der Waals surface area contributed by atoms with Gasteiger partial charge in [0.05, 0.1) is 7.11 Å². The van der Waals surface area contributed by atoms with Crippen molar-refractivity contribution in [3.63, 3.8) is 0 Å². The van der Waals surface area contributed by atoms with Gasteiger partial charge in [-0.1, -0.05) is 25.5 Å². The molecule has 1 aromatic rings. The molecule has 2 rings (SSSR count). The Labute approximate surface area is 200 Å². The molecular weight excluding hydrogens is 491 g/mol. The summed E-state index contributed by atoms with van der Waals surface area (Å²) in [6.45, 7) is 6.77. The number of piperidine rings is 1. The Balaban J connectivity index is 0.00000450. The van der Waals surface area contributed by atoms with Crippen LogP contribution < -0.4 is 15.4 Å². The van der Waals surface area contributed by atoms with Crippen molar-refractivity contribution in [1.29, 1.82) is 0 Å². The number of hydrogen-bond donors (Lipinski definition) is 2. The zero-order valence-electron chi connectivity index (χ0n) is 19.2. The average Bonchev–Trinajstić information content (AvgIpc) is 2.75. The van der Waals surface area contributed by atoms with Gasteiger partial charge < -0.3 is 20.1 Å². The number of nitrogens with zero attached hydrogens (tertiary/aromatic N) is 2. The highest BCUT2D eigenvalue weighted by atomic mass is 127. The van der Waals surface area contributed by atoms with Crippen LogP contribution in [0.15, 0.2) is 29.3 Å². The van der Waals surface area contributed by atoms with Crippen molar-refractivity contribution < 1.29 is 9.47 Å². The van der Waals surface area contributed by atoms with Crippen LogP contribution in [0.4, 0.5) is 0 Å². The molecule has 1 saturated heterocycles. The maximum atomic E-state index is 5.62. The first-order valence-electron chi connectivity index (χ1n) is 11.1. The molecule has 0 aliphatic carbocycles. The van der Waals surface area contributed by atoms with E-state index in [-0.39, 0.29) is 24.0 Å². The lowest BCUT2D eigenvalue weighted by Gasteiger charge is -2.40. The largest absolute Gasteiger partial charge is 0.497 e. The molecule has 0 amide bonds. The van der Waals surface area contributed by atoms with E-state index in [4.69, 9.17) is 9.47 Å². The van der Waals surface area contributed by atoms with Gasteiger partial charge in [0, 0.05) is 39.4 Å². The zero-order chi connectivity index (χ0) is 20.9. The van der Waals surface area contributed by atoms with Crippen LogP contribution in [-0.2, 0) is 4.74 Å². The maximum absolute atomic E-state index is 5.62. The Bertz CT molecular complexity index is 597. The molecule has 0 spiro atoms. The van der Waals surface area contributed by atoms with E-state index < -0.39 is 0 Å². The number of halogens is 1. The van der Waals surface area contributed by atoms with Crippen LogP contribution >= 0.6 is 24.0 Å². The third kappa shape index (κ3) is 8.98. The molecule has 2 unspecified atom stereocenters. The molecule has 0 aromatic heterocycles. The smallest absolute Gasteiger partial charge is 0.190 e. The predicted octanol–water partition coefficient (Wildman–Crippen LogP) is 4.07. The summed E-state index contributed by atoms with van der Waals surface area (Å²) in [6.07, 6.45) is 5.77. The summed E-state index contributed by atoms with van der Waals surface area (Å²) in [5.41, 5.74) is 1.35. The molecule has 172 valence electrons. The Morgan fingerprint density at radius 2 is 1.90 bits per heavy atom. The minimum Gasteiger partial charge on any atom is -0.497 e. The SMILES string of the molecule is CCCCOCCCNC(=NC)NCC1CCCN(C)C1c1ccc(OC)cc1.I. The molecule has 2 N–H and O–H groups in total. The third-order valence-electron chi connectivity index (χ3n) is 5.62. The van der Waals surface area contributed by atoms with E-state index in [1.165, 1.54) is 24.8 Å². The number of ether oxygens (including phenoxy) is 2. The zero-order valence-corrected chi connectivity index (χ0v) is 21.5. The molecule has 6 nitrogen and oxygen atoms in total. The van der Waals surface area contributed by atoms with Gasteiger partial charge in [-0.05, 0) is 62.9 Å². The monoisotopic (exact) mass is 532 g/mol. The van der Waals surface area contributed by atoms with Crippen LogP contribution in [0.1, 0.15) is 50.6 Å². The molecule has 0 bridgehead atoms. The number of benzene rings is 1. The van der Waals surface area contributed by atoms with E-state index in [0.717, 1.165) is 57.4 Å². The predicted molar refractivity (Wildman–Crippen MR) is 136 cm³/mol. The first kappa shape index (κ1) is 27.0. The fourth-order valence-electron chi connectivity index (χ4n) is 3.98. The first-order chi connectivity index (χ1) is 14.2. The van der Waals surface area contributed by atoms with E-state index in [1.54, 1.807) is 7.11 Å². The number of guanidine groups is 1. The van der Waals surface area contributed by atoms with Gasteiger partial charge in [-0.15, -0.1) is 24.0 Å². The summed E-state index contributed by atoms with van der Waals surface area (Å²) in [7, 11) is 5.78. The minimum atomic E-state index is 0. The summed E-state index contributed by atoms with van der Waals surface area (Å²) in [5.74, 6) is 2.32. The number of likely N-dealkylation sites (tertiary alicyclic amines) is 1. The van der Waals surface area contributed by atoms with Gasteiger partial charge in [0.15, 0.2) is 5.96 Å². The van der Waals surface area contributed by atoms with Crippen molar-refractivity contribution in [2.24, 2.45) is 10.9 Å². The Morgan fingerprint density at radius 1 is 1.17 bits per heavy atom. The van der Waals surface area contributed by atoms with Crippen molar-refractivity contribution in [2.45, 2.75) is 45.1 Å². The second-order valence-corrected chi connectivity index (χ2v) is 7.80. The maximum Gasteiger partial charge on any atom is 0.190 e. The van der Waals surface area contributed by atoms with E-state index >= 15 is 0 Å². The van der Waals surface area contributed by atoms with E-state index in [2.05, 4.69) is 58.8 Å². The van der Waals surface area contributed by atoms with Crippen molar-refractivity contribution in [2.75, 3.05) is 54.1 Å². The fourth-order valence-corrected chi connectivity index (χ4v) is 3.98. The van der Waals surface area contributed by atoms with Crippen LogP contribution in [0.5, 0.6) is 5.75 Å². The number of rotatable bonds is 11. The minimum absolute atomic E-state index is 0. The lowest BCUT2D eigenvalue weighted by Crippen LogP contribution is -2.45. The standard InChI is InChI=1S/C23H40N4O2.HI/c1-5-6-16-29-17-8-14-25-23(24-2)26-18-20-9-7-15-27(3)22(20)19-10-12-21(28-4)13-11-19;/h10-13,20,22H,5-9,14-18H2,1-4H3,(H2,24,25,26);1H. The highest BCUT2D eigenvalue weighted by Crippen LogP contribution is 2.35. The highest BCUT2D eigenvalue weighted by Gasteiger charge is 2.30. The lowest BCUT2D eigenvalue weighted by atomic mass is 9.85. The first-order valence-corrected chi connectivity index (χ1v) is 11.1. The van der Waals surface area contributed by atoms with Crippen molar-refractivity contribution in [3.8, 4) is 5.75 Å². The molecular formula is C23H41IN4O2. The van der Waals surface area contributed by atoms with Crippen molar-refractivity contribution in [1.82, 2.24) is 15.5 Å². The molecule has 7 heteroatoms. The Morgan fingerprint density at radius 3 is 2.57 bits per heavy atom. The lowest BCUT2D eigenvalue weighted by molar-refractivity contribution is 0.122. The molecule has 0 saturated carbocycles. The molecule has 1 aliphatic heterocycles. The van der Waals surface area contributed by atoms with Crippen LogP contribution in [-0.4, -0.2) is 64.9 Å². The van der Waals surface area contributed by atoms with Crippen molar-refractivity contribution >= 4 is 29.9 Å². The Hall–Kier alpha value is -1.06. The second-order valence-electron chi connectivity index (χ2n) is 7.80. The van der Waals surface area contributed by atoms with Gasteiger partial charge in [0.1, 0.15) is 5.75 Å². The summed E-state index contributed by atoms with van der Waals surface area (Å²) in [5, 5.41) is 6.95. The quantitative estimate of drug-likeness (QED) is 0.195. The van der Waals surface area contributed by atoms with Crippen LogP contribution in [0.3, 0.4) is 0 Å². The van der Waals surface area contributed by atoms with Gasteiger partial charge in [0.2, 0.25) is 0 Å². The molecule has 1 aromatic carbocycles. The molecule has 2 atom stereocenters. The average molecular weight is 533 g/mol. The third-order valence-corrected chi connectivity index (χ3v) is 5.62. The molecule has 1 heterocycles. The number of aliphatic imine (C=N–C) groups is 1. The number of nitrogens with one attached hydrogen (secondary N) is 2. The van der Waals surface area contributed by atoms with Gasteiger partial charge in [0.25, 0.3) is 0 Å². The summed E-state index contributed by atoms with van der Waals surface area (Å²) in [4.78, 5) is 6.86. The molecule has 0 radical (unpaired) electrons. The number of methoxy groups -OCH3 is 1. The highest BCUT2D eigenvalue weighted by molar-refractivity contribution is 14.0. The van der Waals surface area contributed by atoms with Gasteiger partial charge >= 0.3 is 0 Å². The number of unbranched alkanes of at least 4 members (excludes halogenated alkanes) is 1. The molecule has 1 fully saturated rings. The fraction of sp³-hybridized carbons (Fsp3) is 0.696. The molecule has 30 heavy (non-hydrogen) atoms.